The molecule has 1 amide bonds. The Labute approximate surface area is 150 Å². The van der Waals surface area contributed by atoms with Crippen molar-refractivity contribution < 1.29 is 9.90 Å². The molecule has 5 heteroatoms. The number of nitrogens with zero attached hydrogens (tertiary/aromatic N) is 2. The van der Waals surface area contributed by atoms with Crippen molar-refractivity contribution in [3.63, 3.8) is 0 Å². The van der Waals surface area contributed by atoms with E-state index in [1.165, 1.54) is 12.0 Å². The second-order valence-corrected chi connectivity index (χ2v) is 7.71. The Bertz CT molecular complexity index is 609. The minimum absolute atomic E-state index is 0.220. The van der Waals surface area contributed by atoms with Gasteiger partial charge in [0, 0.05) is 51.2 Å². The number of rotatable bonds is 5. The fourth-order valence-corrected chi connectivity index (χ4v) is 4.35. The van der Waals surface area contributed by atoms with Crippen molar-refractivity contribution in [3.8, 4) is 0 Å². The highest BCUT2D eigenvalue weighted by molar-refractivity contribution is 5.79. The summed E-state index contributed by atoms with van der Waals surface area (Å²) in [6.45, 7) is 5.70. The van der Waals surface area contributed by atoms with Crippen LogP contribution in [-0.4, -0.2) is 66.1 Å². The van der Waals surface area contributed by atoms with Gasteiger partial charge in [-0.05, 0) is 30.4 Å². The predicted octanol–water partition coefficient (Wildman–Crippen LogP) is 1.18. The summed E-state index contributed by atoms with van der Waals surface area (Å²) in [5.41, 5.74) is 2.40. The molecular formula is C20H29N3O2. The summed E-state index contributed by atoms with van der Waals surface area (Å²) >= 11 is 0. The molecule has 0 bridgehead atoms. The molecule has 2 atom stereocenters. The second-order valence-electron chi connectivity index (χ2n) is 7.71. The van der Waals surface area contributed by atoms with Gasteiger partial charge >= 0.3 is 0 Å². The van der Waals surface area contributed by atoms with Crippen LogP contribution in [0, 0.1) is 5.92 Å². The molecule has 1 saturated carbocycles. The van der Waals surface area contributed by atoms with Gasteiger partial charge in [-0.3, -0.25) is 14.6 Å². The highest BCUT2D eigenvalue weighted by Gasteiger charge is 2.36. The van der Waals surface area contributed by atoms with Gasteiger partial charge in [0.2, 0.25) is 5.91 Å². The van der Waals surface area contributed by atoms with Crippen LogP contribution >= 0.6 is 0 Å². The topological polar surface area (TPSA) is 55.8 Å². The summed E-state index contributed by atoms with van der Waals surface area (Å²) in [6, 6.07) is 8.49. The predicted molar refractivity (Wildman–Crippen MR) is 97.3 cm³/mol. The first-order chi connectivity index (χ1) is 12.2. The lowest BCUT2D eigenvalue weighted by Gasteiger charge is -2.39. The minimum Gasteiger partial charge on any atom is -0.387 e. The first kappa shape index (κ1) is 17.0. The van der Waals surface area contributed by atoms with Crippen LogP contribution in [0.4, 0.5) is 0 Å². The number of hydrogen-bond donors (Lipinski definition) is 2. The zero-order chi connectivity index (χ0) is 17.2. The smallest absolute Gasteiger partial charge is 0.223 e. The number of hydrogen-bond acceptors (Lipinski definition) is 4. The molecule has 1 aliphatic heterocycles. The van der Waals surface area contributed by atoms with E-state index < -0.39 is 0 Å². The van der Waals surface area contributed by atoms with Crippen molar-refractivity contribution >= 4 is 5.91 Å². The van der Waals surface area contributed by atoms with Crippen LogP contribution in [-0.2, 0) is 11.2 Å². The number of benzene rings is 1. The Morgan fingerprint density at radius 2 is 1.92 bits per heavy atom. The van der Waals surface area contributed by atoms with Crippen molar-refractivity contribution in [3.05, 3.63) is 35.4 Å². The molecule has 0 aromatic heterocycles. The summed E-state index contributed by atoms with van der Waals surface area (Å²) in [5.74, 6) is 0.527. The van der Waals surface area contributed by atoms with E-state index in [0.717, 1.165) is 64.1 Å². The fraction of sp³-hybridized carbons (Fsp3) is 0.650. The lowest BCUT2D eigenvalue weighted by atomic mass is 9.85. The Kier molecular flexibility index (Phi) is 5.06. The SMILES string of the molecule is O=C(NCCN1CCN([C@@H]2Cc3ccccc3[C@H]2O)CC1)C1CCC1. The monoisotopic (exact) mass is 343 g/mol. The average molecular weight is 343 g/mol. The third-order valence-electron chi connectivity index (χ3n) is 6.25. The number of fused-ring (bicyclic) bond motifs is 1. The normalized spacial score (nSPS) is 27.7. The largest absolute Gasteiger partial charge is 0.387 e. The van der Waals surface area contributed by atoms with E-state index in [1.54, 1.807) is 0 Å². The molecule has 4 rings (SSSR count). The van der Waals surface area contributed by atoms with Gasteiger partial charge in [-0.2, -0.15) is 0 Å². The van der Waals surface area contributed by atoms with Crippen LogP contribution < -0.4 is 5.32 Å². The van der Waals surface area contributed by atoms with Crippen molar-refractivity contribution in [1.82, 2.24) is 15.1 Å². The summed E-state index contributed by atoms with van der Waals surface area (Å²) < 4.78 is 0. The van der Waals surface area contributed by atoms with Crippen LogP contribution in [0.3, 0.4) is 0 Å². The quantitative estimate of drug-likeness (QED) is 0.843. The minimum atomic E-state index is -0.357. The van der Waals surface area contributed by atoms with Crippen molar-refractivity contribution in [2.75, 3.05) is 39.3 Å². The third kappa shape index (κ3) is 3.59. The van der Waals surface area contributed by atoms with Gasteiger partial charge in [0.1, 0.15) is 0 Å². The van der Waals surface area contributed by atoms with E-state index in [2.05, 4.69) is 33.3 Å². The van der Waals surface area contributed by atoms with Gasteiger partial charge in [0.25, 0.3) is 0 Å². The van der Waals surface area contributed by atoms with Gasteiger partial charge in [-0.25, -0.2) is 0 Å². The molecule has 0 spiro atoms. The van der Waals surface area contributed by atoms with Gasteiger partial charge in [-0.1, -0.05) is 30.7 Å². The third-order valence-corrected chi connectivity index (χ3v) is 6.25. The van der Waals surface area contributed by atoms with Gasteiger partial charge in [0.15, 0.2) is 0 Å². The Balaban J connectivity index is 1.20. The number of carbonyl (C=O) groups is 1. The molecule has 2 aliphatic carbocycles. The number of aliphatic hydroxyl groups excluding tert-OH is 1. The molecule has 0 radical (unpaired) electrons. The van der Waals surface area contributed by atoms with Crippen LogP contribution in [0.15, 0.2) is 24.3 Å². The lowest BCUT2D eigenvalue weighted by Crippen LogP contribution is -2.52. The molecule has 1 aromatic rings. The van der Waals surface area contributed by atoms with Gasteiger partial charge in [-0.15, -0.1) is 0 Å². The van der Waals surface area contributed by atoms with Crippen molar-refractivity contribution in [1.29, 1.82) is 0 Å². The molecule has 5 nitrogen and oxygen atoms in total. The number of nitrogens with one attached hydrogen (secondary N) is 1. The fourth-order valence-electron chi connectivity index (χ4n) is 4.35. The zero-order valence-corrected chi connectivity index (χ0v) is 14.9. The maximum absolute atomic E-state index is 11.9. The molecule has 136 valence electrons. The van der Waals surface area contributed by atoms with E-state index in [-0.39, 0.29) is 24.0 Å². The maximum Gasteiger partial charge on any atom is 0.223 e. The molecule has 1 saturated heterocycles. The molecule has 25 heavy (non-hydrogen) atoms. The number of amides is 1. The van der Waals surface area contributed by atoms with E-state index in [9.17, 15) is 9.90 Å². The first-order valence-electron chi connectivity index (χ1n) is 9.72. The van der Waals surface area contributed by atoms with Crippen molar-refractivity contribution in [2.45, 2.75) is 37.8 Å². The van der Waals surface area contributed by atoms with Crippen LogP contribution in [0.2, 0.25) is 0 Å². The van der Waals surface area contributed by atoms with Crippen LogP contribution in [0.25, 0.3) is 0 Å². The summed E-state index contributed by atoms with van der Waals surface area (Å²) in [5, 5.41) is 13.7. The molecule has 0 unspecified atom stereocenters. The van der Waals surface area contributed by atoms with Crippen molar-refractivity contribution in [2.24, 2.45) is 5.92 Å². The molecule has 1 aromatic carbocycles. The Morgan fingerprint density at radius 3 is 2.60 bits per heavy atom. The van der Waals surface area contributed by atoms with E-state index >= 15 is 0 Å². The lowest BCUT2D eigenvalue weighted by molar-refractivity contribution is -0.127. The zero-order valence-electron chi connectivity index (χ0n) is 14.9. The number of carbonyl (C=O) groups excluding carboxylic acids is 1. The van der Waals surface area contributed by atoms with E-state index in [0.29, 0.717) is 0 Å². The number of aliphatic hydroxyl groups is 1. The molecule has 2 fully saturated rings. The highest BCUT2D eigenvalue weighted by atomic mass is 16.3. The highest BCUT2D eigenvalue weighted by Crippen LogP contribution is 2.34. The number of piperazine rings is 1. The average Bonchev–Trinajstić information content (AvgIpc) is 2.91. The Hall–Kier alpha value is -1.43. The second kappa shape index (κ2) is 7.44. The summed E-state index contributed by atoms with van der Waals surface area (Å²) in [7, 11) is 0. The standard InChI is InChI=1S/C20H29N3O2/c24-19-17-7-2-1-4-16(17)14-18(19)23-12-10-22(11-13-23)9-8-21-20(25)15-5-3-6-15/h1-2,4,7,15,18-19,24H,3,5-6,8-14H2,(H,21,25)/t18-,19-/m1/s1. The first-order valence-corrected chi connectivity index (χ1v) is 9.72. The molecule has 2 N–H and O–H groups in total. The Morgan fingerprint density at radius 1 is 1.16 bits per heavy atom. The molecular weight excluding hydrogens is 314 g/mol. The maximum atomic E-state index is 11.9. The molecule has 1 heterocycles. The van der Waals surface area contributed by atoms with Gasteiger partial charge < -0.3 is 10.4 Å². The summed E-state index contributed by atoms with van der Waals surface area (Å²) in [6.07, 6.45) is 3.93. The van der Waals surface area contributed by atoms with E-state index in [1.807, 2.05) is 6.07 Å². The van der Waals surface area contributed by atoms with Crippen LogP contribution in [0.1, 0.15) is 36.5 Å². The summed E-state index contributed by atoms with van der Waals surface area (Å²) in [4.78, 5) is 16.7. The van der Waals surface area contributed by atoms with E-state index in [4.69, 9.17) is 0 Å². The molecule has 3 aliphatic rings. The van der Waals surface area contributed by atoms with Crippen LogP contribution in [0.5, 0.6) is 0 Å². The van der Waals surface area contributed by atoms with Gasteiger partial charge in [0.05, 0.1) is 6.10 Å².